The van der Waals surface area contributed by atoms with Gasteiger partial charge in [0, 0.05) is 0 Å². The van der Waals surface area contributed by atoms with Crippen LogP contribution in [0.3, 0.4) is 0 Å². The van der Waals surface area contributed by atoms with E-state index in [4.69, 9.17) is 5.26 Å². The van der Waals surface area contributed by atoms with Gasteiger partial charge in [0.1, 0.15) is 5.40 Å². The summed E-state index contributed by atoms with van der Waals surface area (Å²) >= 11 is 10.2. The average Bonchev–Trinajstić information content (AvgIpc) is 2.30. The number of nitriles is 1. The van der Waals surface area contributed by atoms with Gasteiger partial charge in [-0.25, -0.2) is 0 Å². The first-order chi connectivity index (χ1) is 8.15. The maximum absolute atomic E-state index is 8.81. The number of thiocarbonyl (C=S) groups is 2. The van der Waals surface area contributed by atoms with Gasteiger partial charge in [0.15, 0.2) is 0 Å². The molecule has 0 aliphatic carbocycles. The van der Waals surface area contributed by atoms with Crippen molar-refractivity contribution in [1.29, 1.82) is 5.26 Å². The minimum absolute atomic E-state index is 0.660. The van der Waals surface area contributed by atoms with Crippen LogP contribution in [0.2, 0.25) is 0 Å². The molecule has 0 radical (unpaired) electrons. The lowest BCUT2D eigenvalue weighted by Crippen LogP contribution is -1.85. The number of nitrogens with zero attached hydrogens (tertiary/aromatic N) is 3. The number of rotatable bonds is 3. The van der Waals surface area contributed by atoms with Crippen LogP contribution in [0.5, 0.6) is 0 Å². The lowest BCUT2D eigenvalue weighted by atomic mass is 10.1. The molecule has 0 aliphatic heterocycles. The Morgan fingerprint density at radius 3 is 2.41 bits per heavy atom. The molecule has 1 rings (SSSR count). The molecule has 0 unspecified atom stereocenters. The van der Waals surface area contributed by atoms with E-state index in [0.717, 1.165) is 27.8 Å². The summed E-state index contributed by atoms with van der Waals surface area (Å²) in [5, 5.41) is 15.5. The third-order valence-corrected chi connectivity index (χ3v) is 3.12. The van der Waals surface area contributed by atoms with Crippen molar-refractivity contribution in [3.63, 3.8) is 0 Å². The summed E-state index contributed by atoms with van der Waals surface area (Å²) in [6.07, 6.45) is 0. The Morgan fingerprint density at radius 2 is 1.88 bits per heavy atom. The normalized spacial score (nSPS) is 8.76. The summed E-state index contributed by atoms with van der Waals surface area (Å²) in [7, 11) is 0. The second kappa shape index (κ2) is 6.41. The van der Waals surface area contributed by atoms with E-state index < -0.39 is 0 Å². The Bertz CT molecular complexity index is 589. The van der Waals surface area contributed by atoms with E-state index in [1.165, 1.54) is 0 Å². The summed E-state index contributed by atoms with van der Waals surface area (Å²) < 4.78 is 0. The molecule has 0 N–H and O–H groups in total. The largest absolute Gasteiger partial charge is 0.194 e. The van der Waals surface area contributed by atoms with Crippen molar-refractivity contribution in [3.8, 4) is 5.40 Å². The van der Waals surface area contributed by atoms with Crippen molar-refractivity contribution in [2.75, 3.05) is 0 Å². The van der Waals surface area contributed by atoms with Crippen LogP contribution in [0.1, 0.15) is 11.1 Å². The summed E-state index contributed by atoms with van der Waals surface area (Å²) in [4.78, 5) is 8.69. The molecule has 0 amide bonds. The van der Waals surface area contributed by atoms with Crippen LogP contribution in [0, 0.1) is 24.5 Å². The quantitative estimate of drug-likeness (QED) is 0.357. The van der Waals surface area contributed by atoms with Gasteiger partial charge in [-0.3, -0.25) is 0 Å². The van der Waals surface area contributed by atoms with Gasteiger partial charge in [-0.1, -0.05) is 0 Å². The lowest BCUT2D eigenvalue weighted by Gasteiger charge is -2.09. The van der Waals surface area contributed by atoms with Crippen molar-refractivity contribution in [3.05, 3.63) is 17.2 Å². The molecule has 0 heterocycles. The monoisotopic (exact) mass is 277 g/mol. The predicted octanol–water partition coefficient (Wildman–Crippen LogP) is 4.35. The van der Waals surface area contributed by atoms with Crippen LogP contribution in [0.4, 0.5) is 11.4 Å². The van der Waals surface area contributed by atoms with Crippen LogP contribution < -0.4 is 0 Å². The molecule has 0 fully saturated rings. The summed E-state index contributed by atoms with van der Waals surface area (Å²) in [5.41, 5.74) is 3.06. The molecule has 0 aromatic heterocycles. The van der Waals surface area contributed by atoms with Crippen LogP contribution in [0.25, 0.3) is 0 Å². The zero-order chi connectivity index (χ0) is 12.8. The Labute approximate surface area is 114 Å². The van der Waals surface area contributed by atoms with Crippen molar-refractivity contribution < 1.29 is 0 Å². The smallest absolute Gasteiger partial charge is 0.138 e. The zero-order valence-corrected chi connectivity index (χ0v) is 11.6. The van der Waals surface area contributed by atoms with Gasteiger partial charge < -0.3 is 0 Å². The fourth-order valence-corrected chi connectivity index (χ4v) is 2.22. The van der Waals surface area contributed by atoms with Crippen molar-refractivity contribution in [2.24, 2.45) is 9.98 Å². The van der Waals surface area contributed by atoms with E-state index in [1.54, 1.807) is 0 Å². The highest BCUT2D eigenvalue weighted by atomic mass is 32.2. The summed E-state index contributed by atoms with van der Waals surface area (Å²) in [6, 6.07) is 1.83. The van der Waals surface area contributed by atoms with E-state index in [0.29, 0.717) is 11.4 Å². The molecule has 3 nitrogen and oxygen atoms in total. The van der Waals surface area contributed by atoms with Gasteiger partial charge in [-0.05, 0) is 67.2 Å². The molecular formula is C11H7N3S3. The molecule has 0 spiro atoms. The highest BCUT2D eigenvalue weighted by Gasteiger charge is 2.13. The second-order valence-electron chi connectivity index (χ2n) is 3.11. The van der Waals surface area contributed by atoms with E-state index in [1.807, 2.05) is 25.3 Å². The fourth-order valence-electron chi connectivity index (χ4n) is 1.38. The molecule has 1 aromatic carbocycles. The van der Waals surface area contributed by atoms with E-state index in [9.17, 15) is 0 Å². The maximum Gasteiger partial charge on any atom is 0.138 e. The molecular weight excluding hydrogens is 270 g/mol. The minimum Gasteiger partial charge on any atom is -0.194 e. The number of thiocyanates is 1. The first kappa shape index (κ1) is 13.7. The first-order valence-electron chi connectivity index (χ1n) is 4.51. The third kappa shape index (κ3) is 3.07. The molecule has 6 heteroatoms. The summed E-state index contributed by atoms with van der Waals surface area (Å²) in [5.74, 6) is 0. The van der Waals surface area contributed by atoms with E-state index >= 15 is 0 Å². The van der Waals surface area contributed by atoms with Crippen LogP contribution >= 0.6 is 36.2 Å². The van der Waals surface area contributed by atoms with Crippen molar-refractivity contribution in [2.45, 2.75) is 18.7 Å². The van der Waals surface area contributed by atoms with Crippen LogP contribution in [-0.4, -0.2) is 10.3 Å². The Balaban J connectivity index is 3.64. The molecule has 0 aliphatic rings. The van der Waals surface area contributed by atoms with Gasteiger partial charge in [0.2, 0.25) is 0 Å². The van der Waals surface area contributed by atoms with Gasteiger partial charge >= 0.3 is 0 Å². The Morgan fingerprint density at radius 1 is 1.24 bits per heavy atom. The van der Waals surface area contributed by atoms with Gasteiger partial charge in [-0.2, -0.15) is 15.2 Å². The van der Waals surface area contributed by atoms with Crippen molar-refractivity contribution in [1.82, 2.24) is 0 Å². The number of isothiocyanates is 2. The van der Waals surface area contributed by atoms with E-state index in [2.05, 4.69) is 44.7 Å². The highest BCUT2D eigenvalue weighted by molar-refractivity contribution is 8.04. The molecule has 0 atom stereocenters. The number of hydrogen-bond donors (Lipinski definition) is 0. The third-order valence-electron chi connectivity index (χ3n) is 2.14. The topological polar surface area (TPSA) is 48.5 Å². The standard InChI is InChI=1S/C11H7N3S3/c1-7-3-9(13-5-15)8(2)11(17-4-12)10(7)14-6-16/h3H,1-2H3. The van der Waals surface area contributed by atoms with Crippen LogP contribution in [0.15, 0.2) is 20.9 Å². The zero-order valence-electron chi connectivity index (χ0n) is 9.14. The first-order valence-corrected chi connectivity index (χ1v) is 6.14. The molecule has 1 aromatic rings. The lowest BCUT2D eigenvalue weighted by molar-refractivity contribution is 1.22. The molecule has 17 heavy (non-hydrogen) atoms. The summed E-state index contributed by atoms with van der Waals surface area (Å²) in [6.45, 7) is 3.72. The number of benzene rings is 1. The highest BCUT2D eigenvalue weighted by Crippen LogP contribution is 2.39. The maximum atomic E-state index is 8.81. The number of thioether (sulfide) groups is 1. The fraction of sp³-hybridized carbons (Fsp3) is 0.182. The number of aliphatic imine (C=N–C) groups is 2. The molecule has 84 valence electrons. The molecule has 0 saturated heterocycles. The minimum atomic E-state index is 0.660. The number of hydrogen-bond acceptors (Lipinski definition) is 6. The van der Waals surface area contributed by atoms with Gasteiger partial charge in [-0.15, -0.1) is 0 Å². The van der Waals surface area contributed by atoms with Crippen LogP contribution in [-0.2, 0) is 0 Å². The molecule has 0 bridgehead atoms. The molecule has 0 saturated carbocycles. The van der Waals surface area contributed by atoms with Crippen molar-refractivity contribution >= 4 is 57.9 Å². The number of aryl methyl sites for hydroxylation is 1. The Kier molecular flexibility index (Phi) is 5.17. The second-order valence-corrected chi connectivity index (χ2v) is 4.27. The van der Waals surface area contributed by atoms with E-state index in [-0.39, 0.29) is 0 Å². The predicted molar refractivity (Wildman–Crippen MR) is 76.8 cm³/mol. The average molecular weight is 277 g/mol. The van der Waals surface area contributed by atoms with Gasteiger partial charge in [0.25, 0.3) is 0 Å². The SMILES string of the molecule is Cc1cc(N=C=S)c(C)c(SC#N)c1N=C=S. The van der Waals surface area contributed by atoms with Gasteiger partial charge in [0.05, 0.1) is 26.6 Å². The Hall–Kier alpha value is -1.34.